The molecular formula is C17H23ClN6O4S. The van der Waals surface area contributed by atoms with Crippen molar-refractivity contribution in [3.63, 3.8) is 0 Å². The van der Waals surface area contributed by atoms with E-state index in [1.54, 1.807) is 30.6 Å². The number of aromatic nitrogens is 5. The fourth-order valence-corrected chi connectivity index (χ4v) is 4.16. The zero-order chi connectivity index (χ0) is 19.9. The number of H-pyrrole nitrogens is 1. The van der Waals surface area contributed by atoms with Gasteiger partial charge in [0, 0.05) is 12.0 Å². The van der Waals surface area contributed by atoms with Crippen molar-refractivity contribution >= 4 is 27.9 Å². The van der Waals surface area contributed by atoms with Crippen molar-refractivity contribution < 1.29 is 12.9 Å². The molecule has 1 aliphatic rings. The number of aromatic amines is 1. The van der Waals surface area contributed by atoms with Gasteiger partial charge in [-0.3, -0.25) is 4.79 Å². The third kappa shape index (κ3) is 4.21. The number of sulfone groups is 1. The highest BCUT2D eigenvalue weighted by atomic mass is 35.5. The minimum atomic E-state index is -3.35. The topological polar surface area (TPSA) is 135 Å². The second-order valence-electron chi connectivity index (χ2n) is 7.27. The van der Waals surface area contributed by atoms with Crippen molar-refractivity contribution in [3.05, 3.63) is 34.1 Å². The van der Waals surface area contributed by atoms with Crippen molar-refractivity contribution in [2.45, 2.75) is 43.6 Å². The molecule has 2 N–H and O–H groups in total. The van der Waals surface area contributed by atoms with E-state index in [1.807, 2.05) is 0 Å². The zero-order valence-electron chi connectivity index (χ0n) is 16.1. The van der Waals surface area contributed by atoms with E-state index in [1.165, 1.54) is 0 Å². The molecule has 0 unspecified atom stereocenters. The molecule has 0 amide bonds. The Morgan fingerprint density at radius 3 is 2.72 bits per heavy atom. The number of halogens is 1. The van der Waals surface area contributed by atoms with Gasteiger partial charge in [0.05, 0.1) is 17.1 Å². The zero-order valence-corrected chi connectivity index (χ0v) is 17.7. The van der Waals surface area contributed by atoms with E-state index in [2.05, 4.69) is 25.5 Å². The molecule has 12 heteroatoms. The highest BCUT2D eigenvalue weighted by Gasteiger charge is 2.24. The Morgan fingerprint density at radius 2 is 2.03 bits per heavy atom. The maximum atomic E-state index is 12.2. The molecule has 0 spiro atoms. The van der Waals surface area contributed by atoms with Gasteiger partial charge < -0.3 is 14.8 Å². The molecule has 0 saturated carbocycles. The lowest BCUT2D eigenvalue weighted by Crippen LogP contribution is -2.28. The summed E-state index contributed by atoms with van der Waals surface area (Å²) in [5.41, 5.74) is 1.54. The quantitative estimate of drug-likeness (QED) is 0.603. The van der Waals surface area contributed by atoms with Gasteiger partial charge in [0.25, 0.3) is 11.4 Å². The third-order valence-corrected chi connectivity index (χ3v) is 7.14. The molecule has 0 aromatic carbocycles. The van der Waals surface area contributed by atoms with E-state index < -0.39 is 15.1 Å². The molecule has 0 bridgehead atoms. The average molecular weight is 443 g/mol. The lowest BCUT2D eigenvalue weighted by molar-refractivity contribution is 0.424. The van der Waals surface area contributed by atoms with Crippen LogP contribution in [0.3, 0.4) is 0 Å². The second kappa shape index (κ2) is 8.25. The summed E-state index contributed by atoms with van der Waals surface area (Å²) in [7, 11) is -3.35. The molecule has 3 aromatic rings. The summed E-state index contributed by atoms with van der Waals surface area (Å²) in [5.74, 6) is 0.139. The number of piperidine rings is 1. The Kier molecular flexibility index (Phi) is 6.11. The van der Waals surface area contributed by atoms with Crippen LogP contribution in [0.25, 0.3) is 17.1 Å². The maximum absolute atomic E-state index is 12.2. The van der Waals surface area contributed by atoms with E-state index in [4.69, 9.17) is 4.52 Å². The summed E-state index contributed by atoms with van der Waals surface area (Å²) >= 11 is 0. The Balaban J connectivity index is 0.00000240. The van der Waals surface area contributed by atoms with E-state index >= 15 is 0 Å². The van der Waals surface area contributed by atoms with Crippen LogP contribution in [0.5, 0.6) is 0 Å². The smallest absolute Gasteiger partial charge is 0.263 e. The molecule has 3 aromatic heterocycles. The first-order valence-corrected chi connectivity index (χ1v) is 10.9. The van der Waals surface area contributed by atoms with Gasteiger partial charge >= 0.3 is 0 Å². The molecule has 1 fully saturated rings. The summed E-state index contributed by atoms with van der Waals surface area (Å²) in [5, 5.41) is 11.0. The molecular weight excluding hydrogens is 420 g/mol. The predicted octanol–water partition coefficient (Wildman–Crippen LogP) is 1.28. The van der Waals surface area contributed by atoms with Gasteiger partial charge in [-0.25, -0.2) is 12.9 Å². The van der Waals surface area contributed by atoms with Gasteiger partial charge in [0.15, 0.2) is 15.7 Å². The first kappa shape index (κ1) is 21.5. The third-order valence-electron chi connectivity index (χ3n) is 5.04. The minimum absolute atomic E-state index is 0. The molecule has 0 atom stereocenters. The van der Waals surface area contributed by atoms with Crippen LogP contribution in [0.15, 0.2) is 21.6 Å². The van der Waals surface area contributed by atoms with Crippen LogP contribution >= 0.6 is 12.4 Å². The van der Waals surface area contributed by atoms with Crippen molar-refractivity contribution in [1.82, 2.24) is 30.1 Å². The Morgan fingerprint density at radius 1 is 1.31 bits per heavy atom. The average Bonchev–Trinajstić information content (AvgIpc) is 3.27. The number of nitrogens with one attached hydrogen (secondary N) is 2. The highest BCUT2D eigenvalue weighted by Crippen LogP contribution is 2.27. The predicted molar refractivity (Wildman–Crippen MR) is 109 cm³/mol. The van der Waals surface area contributed by atoms with Crippen LogP contribution in [-0.2, 0) is 15.6 Å². The lowest BCUT2D eigenvalue weighted by atomic mass is 9.94. The number of rotatable bonds is 5. The largest absolute Gasteiger partial charge is 0.334 e. The summed E-state index contributed by atoms with van der Waals surface area (Å²) in [4.78, 5) is 19.2. The van der Waals surface area contributed by atoms with Gasteiger partial charge in [0.1, 0.15) is 17.0 Å². The maximum Gasteiger partial charge on any atom is 0.263 e. The molecule has 4 heterocycles. The molecule has 29 heavy (non-hydrogen) atoms. The summed E-state index contributed by atoms with van der Waals surface area (Å²) < 4.78 is 31.1. The Labute approximate surface area is 173 Å². The van der Waals surface area contributed by atoms with Crippen LogP contribution in [0.1, 0.15) is 44.1 Å². The molecule has 0 radical (unpaired) electrons. The number of hydrogen-bond acceptors (Lipinski definition) is 8. The van der Waals surface area contributed by atoms with Crippen LogP contribution in [0.4, 0.5) is 0 Å². The molecule has 1 aliphatic heterocycles. The lowest BCUT2D eigenvalue weighted by Gasteiger charge is -2.23. The SMILES string of the molecule is CC(C)S(=O)(=O)Cc1noc(-c2cnn3c(C4CCNCC4)cc(=O)[nH]c23)n1.Cl. The second-order valence-corrected chi connectivity index (χ2v) is 9.83. The van der Waals surface area contributed by atoms with Crippen LogP contribution in [-0.4, -0.2) is 51.5 Å². The van der Waals surface area contributed by atoms with Crippen LogP contribution in [0, 0.1) is 0 Å². The van der Waals surface area contributed by atoms with Gasteiger partial charge in [-0.1, -0.05) is 5.16 Å². The van der Waals surface area contributed by atoms with Gasteiger partial charge in [-0.2, -0.15) is 10.1 Å². The van der Waals surface area contributed by atoms with Gasteiger partial charge in [-0.05, 0) is 39.8 Å². The summed E-state index contributed by atoms with van der Waals surface area (Å²) in [6.07, 6.45) is 3.39. The Hall–Kier alpha value is -2.24. The molecule has 158 valence electrons. The number of fused-ring (bicyclic) bond motifs is 1. The van der Waals surface area contributed by atoms with E-state index in [9.17, 15) is 13.2 Å². The van der Waals surface area contributed by atoms with E-state index in [-0.39, 0.29) is 41.4 Å². The van der Waals surface area contributed by atoms with Gasteiger partial charge in [0.2, 0.25) is 0 Å². The summed E-state index contributed by atoms with van der Waals surface area (Å²) in [6, 6.07) is 1.58. The van der Waals surface area contributed by atoms with Crippen molar-refractivity contribution in [2.75, 3.05) is 13.1 Å². The van der Waals surface area contributed by atoms with E-state index in [0.717, 1.165) is 31.6 Å². The molecule has 4 rings (SSSR count). The van der Waals surface area contributed by atoms with Crippen molar-refractivity contribution in [3.8, 4) is 11.5 Å². The van der Waals surface area contributed by atoms with Crippen molar-refractivity contribution in [2.24, 2.45) is 0 Å². The molecule has 10 nitrogen and oxygen atoms in total. The first-order chi connectivity index (χ1) is 13.3. The monoisotopic (exact) mass is 442 g/mol. The molecule has 0 aliphatic carbocycles. The van der Waals surface area contributed by atoms with Crippen LogP contribution in [0.2, 0.25) is 0 Å². The Bertz CT molecular complexity index is 1160. The minimum Gasteiger partial charge on any atom is -0.334 e. The fourth-order valence-electron chi connectivity index (χ4n) is 3.35. The number of hydrogen-bond donors (Lipinski definition) is 2. The standard InChI is InChI=1S/C17H22N6O4S.ClH/c1-10(2)28(25,26)9-14-20-17(27-22-14)12-8-19-23-13(7-15(24)21-16(12)23)11-3-5-18-6-4-11;/h7-8,10-11,18H,3-6,9H2,1-2H3,(H,21,24);1H. The first-order valence-electron chi connectivity index (χ1n) is 9.21. The fraction of sp³-hybridized carbons (Fsp3) is 0.529. The van der Waals surface area contributed by atoms with Crippen LogP contribution < -0.4 is 10.9 Å². The van der Waals surface area contributed by atoms with Gasteiger partial charge in [-0.15, -0.1) is 12.4 Å². The van der Waals surface area contributed by atoms with Crippen molar-refractivity contribution in [1.29, 1.82) is 0 Å². The highest BCUT2D eigenvalue weighted by molar-refractivity contribution is 7.91. The molecule has 1 saturated heterocycles. The van der Waals surface area contributed by atoms with E-state index in [0.29, 0.717) is 11.2 Å². The normalized spacial score (nSPS) is 15.7. The summed E-state index contributed by atoms with van der Waals surface area (Å²) in [6.45, 7) is 5.00. The number of nitrogens with zero attached hydrogens (tertiary/aromatic N) is 4.